The summed E-state index contributed by atoms with van der Waals surface area (Å²) in [6.07, 6.45) is 0. The Hall–Kier alpha value is -3.10. The zero-order valence-corrected chi connectivity index (χ0v) is 16.9. The summed E-state index contributed by atoms with van der Waals surface area (Å²) in [7, 11) is -8.93. The Morgan fingerprint density at radius 2 is 1.03 bits per heavy atom. The van der Waals surface area contributed by atoms with Gasteiger partial charge in [0.05, 0.1) is 9.79 Å². The highest BCUT2D eigenvalue weighted by atomic mass is 32.2. The fourth-order valence-electron chi connectivity index (χ4n) is 2.80. The highest BCUT2D eigenvalue weighted by Crippen LogP contribution is 2.25. The molecular formula is C21H16O6S2. The topological polar surface area (TPSA) is 102 Å². The molecular weight excluding hydrogens is 412 g/mol. The third-order valence-electron chi connectivity index (χ3n) is 4.29. The molecule has 0 aliphatic carbocycles. The van der Waals surface area contributed by atoms with Crippen LogP contribution in [0.4, 0.5) is 0 Å². The summed E-state index contributed by atoms with van der Waals surface area (Å²) in [4.78, 5) is 25.3. The van der Waals surface area contributed by atoms with Crippen LogP contribution in [0.2, 0.25) is 0 Å². The van der Waals surface area contributed by atoms with Crippen LogP contribution in [0.3, 0.4) is 0 Å². The van der Waals surface area contributed by atoms with Crippen LogP contribution in [-0.2, 0) is 19.7 Å². The van der Waals surface area contributed by atoms with E-state index in [0.29, 0.717) is 0 Å². The van der Waals surface area contributed by atoms with E-state index in [0.717, 1.165) is 6.07 Å². The lowest BCUT2D eigenvalue weighted by molar-refractivity contribution is 0.104. The molecule has 0 saturated carbocycles. The quantitative estimate of drug-likeness (QED) is 0.632. The van der Waals surface area contributed by atoms with Gasteiger partial charge in [-0.1, -0.05) is 48.5 Å². The molecule has 0 spiro atoms. The largest absolute Gasteiger partial charge is 0.282 e. The average Bonchev–Trinajstić information content (AvgIpc) is 2.73. The van der Waals surface area contributed by atoms with E-state index in [1.807, 2.05) is 0 Å². The molecule has 8 heteroatoms. The van der Waals surface area contributed by atoms with E-state index in [4.69, 9.17) is 0 Å². The fraction of sp³-hybridized carbons (Fsp3) is 0.0476. The van der Waals surface area contributed by atoms with Crippen LogP contribution in [0.1, 0.15) is 26.3 Å². The van der Waals surface area contributed by atoms with Crippen LogP contribution in [0.25, 0.3) is 0 Å². The predicted molar refractivity (Wildman–Crippen MR) is 107 cm³/mol. The third kappa shape index (κ3) is 3.76. The van der Waals surface area contributed by atoms with Crippen LogP contribution in [0.15, 0.2) is 88.7 Å². The summed E-state index contributed by atoms with van der Waals surface area (Å²) in [5.41, 5.74) is -0.733. The molecule has 0 radical (unpaired) electrons. The molecule has 29 heavy (non-hydrogen) atoms. The second-order valence-electron chi connectivity index (χ2n) is 6.21. The minimum Gasteiger partial charge on any atom is -0.276 e. The summed E-state index contributed by atoms with van der Waals surface area (Å²) in [6.45, 7) is 1.44. The monoisotopic (exact) mass is 428 g/mol. The molecule has 0 fully saturated rings. The van der Waals surface area contributed by atoms with Crippen molar-refractivity contribution >= 4 is 29.9 Å². The molecule has 0 unspecified atom stereocenters. The lowest BCUT2D eigenvalue weighted by Gasteiger charge is -2.12. The maximum absolute atomic E-state index is 12.9. The Morgan fingerprint density at radius 1 is 0.586 bits per heavy atom. The summed E-state index contributed by atoms with van der Waals surface area (Å²) < 4.78 is 51.0. The molecule has 0 aromatic heterocycles. The summed E-state index contributed by atoms with van der Waals surface area (Å²) >= 11 is 0. The maximum atomic E-state index is 12.9. The molecule has 3 rings (SSSR count). The predicted octanol–water partition coefficient (Wildman–Crippen LogP) is 3.22. The van der Waals surface area contributed by atoms with Gasteiger partial charge in [-0.2, -0.15) is 0 Å². The fourth-order valence-corrected chi connectivity index (χ4v) is 5.26. The summed E-state index contributed by atoms with van der Waals surface area (Å²) in [5, 5.41) is -2.66. The van der Waals surface area contributed by atoms with Gasteiger partial charge in [0.15, 0.2) is 0 Å². The van der Waals surface area contributed by atoms with Gasteiger partial charge < -0.3 is 0 Å². The van der Waals surface area contributed by atoms with Gasteiger partial charge in [-0.3, -0.25) is 9.59 Å². The first-order valence-corrected chi connectivity index (χ1v) is 11.4. The SMILES string of the molecule is Cc1cccc(C(=O)S(=O)(=O)c2ccccc2)c1C(=O)S(=O)(=O)c1ccccc1. The maximum Gasteiger partial charge on any atom is 0.282 e. The molecule has 148 valence electrons. The van der Waals surface area contributed by atoms with Gasteiger partial charge in [0.1, 0.15) is 0 Å². The van der Waals surface area contributed by atoms with E-state index in [-0.39, 0.29) is 15.4 Å². The molecule has 0 heterocycles. The molecule has 6 nitrogen and oxygen atoms in total. The lowest BCUT2D eigenvalue weighted by atomic mass is 10.0. The molecule has 0 N–H and O–H groups in total. The van der Waals surface area contributed by atoms with Gasteiger partial charge in [0.25, 0.3) is 10.2 Å². The van der Waals surface area contributed by atoms with Gasteiger partial charge >= 0.3 is 0 Å². The van der Waals surface area contributed by atoms with Crippen molar-refractivity contribution in [3.8, 4) is 0 Å². The van der Waals surface area contributed by atoms with Crippen molar-refractivity contribution in [2.24, 2.45) is 0 Å². The van der Waals surface area contributed by atoms with E-state index in [9.17, 15) is 26.4 Å². The Morgan fingerprint density at radius 3 is 1.52 bits per heavy atom. The second kappa shape index (κ2) is 7.73. The Bertz CT molecular complexity index is 1290. The van der Waals surface area contributed by atoms with Crippen LogP contribution in [0.5, 0.6) is 0 Å². The Labute approximate surface area is 168 Å². The zero-order valence-electron chi connectivity index (χ0n) is 15.3. The highest BCUT2D eigenvalue weighted by Gasteiger charge is 2.35. The number of hydrogen-bond acceptors (Lipinski definition) is 6. The zero-order chi connectivity index (χ0) is 21.2. The van der Waals surface area contributed by atoms with Crippen LogP contribution >= 0.6 is 0 Å². The van der Waals surface area contributed by atoms with Crippen LogP contribution < -0.4 is 0 Å². The lowest BCUT2D eigenvalue weighted by Crippen LogP contribution is -2.23. The minimum absolute atomic E-state index is 0.184. The average molecular weight is 428 g/mol. The normalized spacial score (nSPS) is 11.8. The molecule has 0 saturated heterocycles. The van der Waals surface area contributed by atoms with Crippen molar-refractivity contribution in [3.63, 3.8) is 0 Å². The van der Waals surface area contributed by atoms with Crippen LogP contribution in [0, 0.1) is 6.92 Å². The van der Waals surface area contributed by atoms with Gasteiger partial charge in [-0.25, -0.2) is 16.8 Å². The summed E-state index contributed by atoms with van der Waals surface area (Å²) in [5.74, 6) is 0. The second-order valence-corrected chi connectivity index (χ2v) is 9.90. The number of carbonyl (C=O) groups is 2. The van der Waals surface area contributed by atoms with Gasteiger partial charge in [0, 0.05) is 11.1 Å². The number of benzene rings is 3. The molecule has 0 bridgehead atoms. The molecule has 0 atom stereocenters. The molecule has 0 aliphatic rings. The first kappa shape index (κ1) is 20.6. The van der Waals surface area contributed by atoms with Crippen molar-refractivity contribution in [1.82, 2.24) is 0 Å². The molecule has 3 aromatic carbocycles. The molecule has 3 aromatic rings. The van der Waals surface area contributed by atoms with E-state index in [1.54, 1.807) is 12.1 Å². The number of carbonyl (C=O) groups excluding carboxylic acids is 2. The van der Waals surface area contributed by atoms with Crippen molar-refractivity contribution in [2.45, 2.75) is 16.7 Å². The molecule has 0 amide bonds. The number of rotatable bonds is 4. The Kier molecular flexibility index (Phi) is 5.50. The van der Waals surface area contributed by atoms with Gasteiger partial charge in [-0.15, -0.1) is 0 Å². The first-order valence-electron chi connectivity index (χ1n) is 8.46. The van der Waals surface area contributed by atoms with Crippen molar-refractivity contribution in [3.05, 3.63) is 95.6 Å². The number of sulfone groups is 2. The first-order chi connectivity index (χ1) is 13.7. The third-order valence-corrected chi connectivity index (χ3v) is 7.48. The summed E-state index contributed by atoms with van der Waals surface area (Å²) in [6, 6.07) is 18.0. The smallest absolute Gasteiger partial charge is 0.276 e. The standard InChI is InChI=1S/C21H16O6S2/c1-15-9-8-14-18(20(22)28(24,25)16-10-4-2-5-11-16)19(15)21(23)29(26,27)17-12-6-3-7-13-17/h2-14H,1H3. The van der Waals surface area contributed by atoms with Gasteiger partial charge in [-0.05, 0) is 42.8 Å². The molecule has 0 aliphatic heterocycles. The number of aryl methyl sites for hydroxylation is 1. The Balaban J connectivity index is 2.17. The van der Waals surface area contributed by atoms with Crippen molar-refractivity contribution in [1.29, 1.82) is 0 Å². The van der Waals surface area contributed by atoms with E-state index >= 15 is 0 Å². The van der Waals surface area contributed by atoms with Gasteiger partial charge in [0.2, 0.25) is 19.7 Å². The van der Waals surface area contributed by atoms with Crippen molar-refractivity contribution in [2.75, 3.05) is 0 Å². The highest BCUT2D eigenvalue weighted by molar-refractivity contribution is 8.07. The van der Waals surface area contributed by atoms with E-state index in [2.05, 4.69) is 0 Å². The van der Waals surface area contributed by atoms with E-state index < -0.39 is 41.0 Å². The number of hydrogen-bond donors (Lipinski definition) is 0. The van der Waals surface area contributed by atoms with Crippen LogP contribution in [-0.4, -0.2) is 27.1 Å². The van der Waals surface area contributed by atoms with E-state index in [1.165, 1.54) is 67.6 Å². The minimum atomic E-state index is -4.47. The van der Waals surface area contributed by atoms with Crippen molar-refractivity contribution < 1.29 is 26.4 Å².